The Morgan fingerprint density at radius 2 is 1.08 bits per heavy atom. The third kappa shape index (κ3) is 6.37. The quantitative estimate of drug-likeness (QED) is 0.695. The zero-order chi connectivity index (χ0) is 9.12. The van der Waals surface area contributed by atoms with Gasteiger partial charge in [-0.1, -0.05) is 13.8 Å². The van der Waals surface area contributed by atoms with Crippen LogP contribution in [0.2, 0.25) is 0 Å². The minimum atomic E-state index is 0. The molecule has 0 heterocycles. The Kier molecular flexibility index (Phi) is 7.08. The fourth-order valence-electron chi connectivity index (χ4n) is 0.892. The van der Waals surface area contributed by atoms with Crippen LogP contribution in [0.5, 0.6) is 0 Å². The average molecular weight is 367 g/mol. The third-order valence-corrected chi connectivity index (χ3v) is 2.26. The molecule has 0 aromatic carbocycles. The Hall–Kier alpha value is 0.843. The van der Waals surface area contributed by atoms with E-state index in [1.807, 2.05) is 0 Å². The van der Waals surface area contributed by atoms with Crippen LogP contribution in [0.1, 0.15) is 54.4 Å². The van der Waals surface area contributed by atoms with E-state index >= 15 is 0 Å². The van der Waals surface area contributed by atoms with Crippen molar-refractivity contribution in [3.63, 3.8) is 0 Å². The van der Waals surface area contributed by atoms with Crippen molar-refractivity contribution < 1.29 is 4.74 Å². The van der Waals surface area contributed by atoms with Crippen molar-refractivity contribution in [2.75, 3.05) is 0 Å². The van der Waals surface area contributed by atoms with Gasteiger partial charge in [0.05, 0.1) is 11.2 Å². The molecular formula is C10H22BiO+3. The van der Waals surface area contributed by atoms with Gasteiger partial charge in [-0.15, -0.1) is 0 Å². The first-order valence-electron chi connectivity index (χ1n) is 4.53. The Balaban J connectivity index is 0. The van der Waals surface area contributed by atoms with Gasteiger partial charge in [-0.05, 0) is 40.5 Å². The molecule has 0 amide bonds. The summed E-state index contributed by atoms with van der Waals surface area (Å²) in [6, 6.07) is 0. The van der Waals surface area contributed by atoms with Crippen molar-refractivity contribution in [1.82, 2.24) is 0 Å². The van der Waals surface area contributed by atoms with Crippen molar-refractivity contribution in [2.24, 2.45) is 0 Å². The molecule has 0 atom stereocenters. The molecule has 0 saturated carbocycles. The molecule has 0 aliphatic rings. The molecule has 70 valence electrons. The van der Waals surface area contributed by atoms with Gasteiger partial charge in [0, 0.05) is 0 Å². The molecule has 0 fully saturated rings. The maximum absolute atomic E-state index is 5.92. The van der Waals surface area contributed by atoms with E-state index in [1.165, 1.54) is 0 Å². The van der Waals surface area contributed by atoms with Gasteiger partial charge in [0.1, 0.15) is 0 Å². The molecule has 2 radical (unpaired) electrons. The monoisotopic (exact) mass is 367 g/mol. The summed E-state index contributed by atoms with van der Waals surface area (Å²) < 4.78 is 5.92. The van der Waals surface area contributed by atoms with Crippen LogP contribution in [0.15, 0.2) is 0 Å². The van der Waals surface area contributed by atoms with Crippen LogP contribution >= 0.6 is 0 Å². The fraction of sp³-hybridized carbons (Fsp3) is 1.00. The molecule has 0 N–H and O–H groups in total. The van der Waals surface area contributed by atoms with Gasteiger partial charge in [-0.3, -0.25) is 0 Å². The summed E-state index contributed by atoms with van der Waals surface area (Å²) in [5.74, 6) is 0. The first-order chi connectivity index (χ1) is 4.83. The number of ether oxygens (including phenoxy) is 1. The fourth-order valence-corrected chi connectivity index (χ4v) is 0.892. The number of rotatable bonds is 4. The van der Waals surface area contributed by atoms with Crippen molar-refractivity contribution in [1.29, 1.82) is 0 Å². The van der Waals surface area contributed by atoms with Crippen LogP contribution in [0.3, 0.4) is 0 Å². The van der Waals surface area contributed by atoms with Crippen LogP contribution in [0.4, 0.5) is 0 Å². The molecule has 0 bridgehead atoms. The van der Waals surface area contributed by atoms with Gasteiger partial charge in [-0.25, -0.2) is 0 Å². The van der Waals surface area contributed by atoms with Gasteiger partial charge >= 0.3 is 26.2 Å². The second kappa shape index (κ2) is 5.55. The van der Waals surface area contributed by atoms with Crippen molar-refractivity contribution in [3.05, 3.63) is 0 Å². The summed E-state index contributed by atoms with van der Waals surface area (Å²) in [4.78, 5) is 0. The molecule has 0 unspecified atom stereocenters. The minimum absolute atomic E-state index is 0. The van der Waals surface area contributed by atoms with Crippen LogP contribution in [-0.2, 0) is 4.74 Å². The molecule has 0 aromatic heterocycles. The summed E-state index contributed by atoms with van der Waals surface area (Å²) in [6.07, 6.45) is 2.13. The van der Waals surface area contributed by atoms with Gasteiger partial charge < -0.3 is 4.74 Å². The van der Waals surface area contributed by atoms with E-state index in [1.54, 1.807) is 0 Å². The first-order valence-corrected chi connectivity index (χ1v) is 4.53. The van der Waals surface area contributed by atoms with E-state index in [-0.39, 0.29) is 37.4 Å². The number of hydrogen-bond acceptors (Lipinski definition) is 1. The number of hydrogen-bond donors (Lipinski definition) is 0. The molecule has 0 aromatic rings. The maximum Gasteiger partial charge on any atom is 3.00 e. The molecule has 2 heteroatoms. The zero-order valence-corrected chi connectivity index (χ0v) is 12.7. The van der Waals surface area contributed by atoms with Crippen LogP contribution in [0.25, 0.3) is 0 Å². The van der Waals surface area contributed by atoms with Crippen LogP contribution in [-0.4, -0.2) is 37.4 Å². The summed E-state index contributed by atoms with van der Waals surface area (Å²) >= 11 is 0. The largest absolute Gasteiger partial charge is 3.00 e. The van der Waals surface area contributed by atoms with Crippen molar-refractivity contribution in [2.45, 2.75) is 65.6 Å². The average Bonchev–Trinajstić information content (AvgIpc) is 1.86. The molecule has 0 spiro atoms. The van der Waals surface area contributed by atoms with Gasteiger partial charge in [0.2, 0.25) is 0 Å². The standard InChI is InChI=1S/C10H22O.Bi/c1-7-9(3,4)11-10(5,6)8-2;/h7-8H2,1-6H3;/q;+3. The third-order valence-electron chi connectivity index (χ3n) is 2.26. The van der Waals surface area contributed by atoms with Gasteiger partial charge in [0.25, 0.3) is 0 Å². The van der Waals surface area contributed by atoms with Gasteiger partial charge in [-0.2, -0.15) is 0 Å². The SMILES string of the molecule is CCC(C)(C)OC(C)(C)CC.[Bi+3]. The molecule has 1 nitrogen and oxygen atoms in total. The van der Waals surface area contributed by atoms with E-state index in [4.69, 9.17) is 4.74 Å². The second-order valence-corrected chi connectivity index (χ2v) is 4.33. The van der Waals surface area contributed by atoms with Crippen molar-refractivity contribution >= 4 is 26.2 Å². The Morgan fingerprint density at radius 1 is 0.833 bits per heavy atom. The maximum atomic E-state index is 5.92. The van der Waals surface area contributed by atoms with Crippen LogP contribution < -0.4 is 0 Å². The predicted molar refractivity (Wildman–Crippen MR) is 55.6 cm³/mol. The van der Waals surface area contributed by atoms with E-state index in [0.29, 0.717) is 0 Å². The zero-order valence-electron chi connectivity index (χ0n) is 9.27. The molecular weight excluding hydrogens is 345 g/mol. The molecule has 0 rings (SSSR count). The summed E-state index contributed by atoms with van der Waals surface area (Å²) in [5.41, 5.74) is 0.0546. The van der Waals surface area contributed by atoms with Crippen LogP contribution in [0, 0.1) is 0 Å². The van der Waals surface area contributed by atoms with E-state index < -0.39 is 0 Å². The smallest absolute Gasteiger partial charge is 0.370 e. The Bertz CT molecular complexity index is 105. The summed E-state index contributed by atoms with van der Waals surface area (Å²) in [7, 11) is 0. The second-order valence-electron chi connectivity index (χ2n) is 4.33. The Labute approximate surface area is 96.4 Å². The van der Waals surface area contributed by atoms with E-state index in [0.717, 1.165) is 12.8 Å². The van der Waals surface area contributed by atoms with E-state index in [9.17, 15) is 0 Å². The summed E-state index contributed by atoms with van der Waals surface area (Å²) in [6.45, 7) is 12.9. The molecule has 0 aliphatic heterocycles. The molecule has 0 aliphatic carbocycles. The van der Waals surface area contributed by atoms with E-state index in [2.05, 4.69) is 41.5 Å². The molecule has 12 heavy (non-hydrogen) atoms. The van der Waals surface area contributed by atoms with Gasteiger partial charge in [0.15, 0.2) is 0 Å². The Morgan fingerprint density at radius 3 is 1.25 bits per heavy atom. The first kappa shape index (κ1) is 15.3. The van der Waals surface area contributed by atoms with Crippen molar-refractivity contribution in [3.8, 4) is 0 Å². The summed E-state index contributed by atoms with van der Waals surface area (Å²) in [5, 5.41) is 0. The normalized spacial score (nSPS) is 12.5. The topological polar surface area (TPSA) is 9.23 Å². The predicted octanol–water partition coefficient (Wildman–Crippen LogP) is 3.00. The molecule has 0 saturated heterocycles. The minimum Gasteiger partial charge on any atom is -0.370 e.